The number of hydrogen-bond acceptors (Lipinski definition) is 6. The fourth-order valence-electron chi connectivity index (χ4n) is 1.50. The molecule has 0 saturated heterocycles. The Labute approximate surface area is 119 Å². The van der Waals surface area contributed by atoms with Gasteiger partial charge in [0.05, 0.1) is 6.61 Å². The van der Waals surface area contributed by atoms with Crippen molar-refractivity contribution in [3.8, 4) is 5.75 Å². The number of benzene rings is 1. The van der Waals surface area contributed by atoms with E-state index in [0.29, 0.717) is 29.6 Å². The van der Waals surface area contributed by atoms with Gasteiger partial charge in [0.15, 0.2) is 12.4 Å². The minimum absolute atomic E-state index is 0.113. The van der Waals surface area contributed by atoms with Crippen LogP contribution >= 0.6 is 0 Å². The molecule has 6 nitrogen and oxygen atoms in total. The number of anilines is 1. The molecule has 2 N–H and O–H groups in total. The highest BCUT2D eigenvalue weighted by molar-refractivity contribution is 5.41. The number of halogens is 2. The van der Waals surface area contributed by atoms with Gasteiger partial charge in [-0.1, -0.05) is 5.16 Å². The first-order valence-corrected chi connectivity index (χ1v) is 6.29. The van der Waals surface area contributed by atoms with Crippen LogP contribution in [0, 0.1) is 0 Å². The first kappa shape index (κ1) is 15.2. The molecular weight excluding hydrogens is 284 g/mol. The second-order valence-corrected chi connectivity index (χ2v) is 4.18. The highest BCUT2D eigenvalue weighted by Gasteiger charge is 2.08. The zero-order valence-corrected chi connectivity index (χ0v) is 11.2. The number of aromatic nitrogens is 2. The van der Waals surface area contributed by atoms with Crippen molar-refractivity contribution in [3.63, 3.8) is 0 Å². The van der Waals surface area contributed by atoms with Gasteiger partial charge in [-0.2, -0.15) is 4.98 Å². The van der Waals surface area contributed by atoms with Gasteiger partial charge < -0.3 is 19.7 Å². The number of rotatable bonds is 8. The van der Waals surface area contributed by atoms with Crippen molar-refractivity contribution < 1.29 is 22.8 Å². The zero-order valence-electron chi connectivity index (χ0n) is 11.2. The molecule has 2 rings (SSSR count). The van der Waals surface area contributed by atoms with Crippen molar-refractivity contribution in [3.05, 3.63) is 36.0 Å². The summed E-state index contributed by atoms with van der Waals surface area (Å²) in [6, 6.07) is 6.89. The number of hydrogen-bond donors (Lipinski definition) is 1. The molecule has 1 aromatic heterocycles. The van der Waals surface area contributed by atoms with E-state index in [-0.39, 0.29) is 13.2 Å². The van der Waals surface area contributed by atoms with E-state index in [0.717, 1.165) is 0 Å². The maximum atomic E-state index is 11.9. The van der Waals surface area contributed by atoms with Crippen LogP contribution in [0.5, 0.6) is 5.75 Å². The summed E-state index contributed by atoms with van der Waals surface area (Å²) in [5.74, 6) is 1.32. The molecule has 0 aliphatic rings. The van der Waals surface area contributed by atoms with E-state index in [1.807, 2.05) is 0 Å². The lowest BCUT2D eigenvalue weighted by Gasteiger charge is -2.02. The lowest BCUT2D eigenvalue weighted by molar-refractivity contribution is 0.0182. The lowest BCUT2D eigenvalue weighted by atomic mass is 10.3. The molecule has 0 atom stereocenters. The minimum Gasteiger partial charge on any atom is -0.484 e. The number of nitrogen functional groups attached to an aromatic ring is 1. The van der Waals surface area contributed by atoms with E-state index in [4.69, 9.17) is 19.7 Å². The lowest BCUT2D eigenvalue weighted by Crippen LogP contribution is -2.07. The van der Waals surface area contributed by atoms with E-state index >= 15 is 0 Å². The predicted octanol–water partition coefficient (Wildman–Crippen LogP) is 2.06. The average Bonchev–Trinajstić information content (AvgIpc) is 2.91. The van der Waals surface area contributed by atoms with Gasteiger partial charge >= 0.3 is 0 Å². The van der Waals surface area contributed by atoms with Gasteiger partial charge in [-0.3, -0.25) is 0 Å². The number of ether oxygens (including phenoxy) is 2. The minimum atomic E-state index is -2.47. The largest absolute Gasteiger partial charge is 0.484 e. The topological polar surface area (TPSA) is 83.4 Å². The average molecular weight is 299 g/mol. The quantitative estimate of drug-likeness (QED) is 0.593. The third kappa shape index (κ3) is 5.35. The molecule has 114 valence electrons. The van der Waals surface area contributed by atoms with Crippen molar-refractivity contribution in [2.75, 3.05) is 18.9 Å². The van der Waals surface area contributed by atoms with Crippen LogP contribution in [-0.2, 0) is 17.8 Å². The Kier molecular flexibility index (Phi) is 5.44. The molecule has 0 bridgehead atoms. The Morgan fingerprint density at radius 2 is 2.00 bits per heavy atom. The van der Waals surface area contributed by atoms with Gasteiger partial charge in [0, 0.05) is 12.1 Å². The second-order valence-electron chi connectivity index (χ2n) is 4.18. The Hall–Kier alpha value is -2.22. The van der Waals surface area contributed by atoms with Crippen LogP contribution in [0.2, 0.25) is 0 Å². The molecule has 0 amide bonds. The summed E-state index contributed by atoms with van der Waals surface area (Å²) in [6.07, 6.45) is -2.17. The van der Waals surface area contributed by atoms with Crippen LogP contribution < -0.4 is 10.5 Å². The fourth-order valence-corrected chi connectivity index (χ4v) is 1.50. The summed E-state index contributed by atoms with van der Waals surface area (Å²) in [6.45, 7) is -0.359. The van der Waals surface area contributed by atoms with E-state index in [9.17, 15) is 8.78 Å². The van der Waals surface area contributed by atoms with Gasteiger partial charge in [0.25, 0.3) is 12.3 Å². The Morgan fingerprint density at radius 3 is 2.71 bits per heavy atom. The van der Waals surface area contributed by atoms with Gasteiger partial charge in [-0.15, -0.1) is 0 Å². The molecule has 8 heteroatoms. The molecule has 0 spiro atoms. The predicted molar refractivity (Wildman–Crippen MR) is 70.0 cm³/mol. The Morgan fingerprint density at radius 1 is 1.24 bits per heavy atom. The normalized spacial score (nSPS) is 11.0. The second kappa shape index (κ2) is 7.53. The van der Waals surface area contributed by atoms with Crippen LogP contribution in [0.3, 0.4) is 0 Å². The SMILES string of the molecule is Nc1ccc(OCc2nc(CCOCC(F)F)no2)cc1. The van der Waals surface area contributed by atoms with Gasteiger partial charge in [-0.25, -0.2) is 8.78 Å². The molecule has 0 radical (unpaired) electrons. The van der Waals surface area contributed by atoms with Crippen molar-refractivity contribution in [1.82, 2.24) is 10.1 Å². The standard InChI is InChI=1S/C13H15F2N3O3/c14-11(15)7-19-6-5-12-17-13(21-18-12)8-20-10-3-1-9(16)2-4-10/h1-4,11H,5-8,16H2. The summed E-state index contributed by atoms with van der Waals surface area (Å²) in [7, 11) is 0. The molecule has 21 heavy (non-hydrogen) atoms. The molecule has 0 fully saturated rings. The van der Waals surface area contributed by atoms with E-state index in [1.54, 1.807) is 24.3 Å². The van der Waals surface area contributed by atoms with Crippen molar-refractivity contribution >= 4 is 5.69 Å². The number of alkyl halides is 2. The van der Waals surface area contributed by atoms with Crippen LogP contribution in [-0.4, -0.2) is 29.8 Å². The molecular formula is C13H15F2N3O3. The molecule has 0 aliphatic carbocycles. The third-order valence-electron chi connectivity index (χ3n) is 2.47. The van der Waals surface area contributed by atoms with Crippen molar-refractivity contribution in [1.29, 1.82) is 0 Å². The van der Waals surface area contributed by atoms with Crippen LogP contribution in [0.4, 0.5) is 14.5 Å². The van der Waals surface area contributed by atoms with Gasteiger partial charge in [0.1, 0.15) is 12.4 Å². The van der Waals surface area contributed by atoms with Gasteiger partial charge in [0.2, 0.25) is 0 Å². The van der Waals surface area contributed by atoms with Gasteiger partial charge in [-0.05, 0) is 24.3 Å². The highest BCUT2D eigenvalue weighted by Crippen LogP contribution is 2.14. The van der Waals surface area contributed by atoms with Crippen molar-refractivity contribution in [2.45, 2.75) is 19.5 Å². The van der Waals surface area contributed by atoms with Crippen LogP contribution in [0.15, 0.2) is 28.8 Å². The first-order chi connectivity index (χ1) is 10.1. The molecule has 0 aliphatic heterocycles. The Bertz CT molecular complexity index is 546. The van der Waals surface area contributed by atoms with Crippen LogP contribution in [0.25, 0.3) is 0 Å². The summed E-state index contributed by atoms with van der Waals surface area (Å²) < 4.78 is 38.8. The fraction of sp³-hybridized carbons (Fsp3) is 0.385. The summed E-state index contributed by atoms with van der Waals surface area (Å²) in [5, 5.41) is 3.71. The summed E-state index contributed by atoms with van der Waals surface area (Å²) in [4.78, 5) is 4.06. The number of nitrogens with zero attached hydrogens (tertiary/aromatic N) is 2. The maximum Gasteiger partial charge on any atom is 0.264 e. The van der Waals surface area contributed by atoms with E-state index in [1.165, 1.54) is 0 Å². The molecule has 0 unspecified atom stereocenters. The Balaban J connectivity index is 1.73. The first-order valence-electron chi connectivity index (χ1n) is 6.29. The maximum absolute atomic E-state index is 11.9. The molecule has 1 heterocycles. The smallest absolute Gasteiger partial charge is 0.264 e. The van der Waals surface area contributed by atoms with Crippen molar-refractivity contribution in [2.24, 2.45) is 0 Å². The highest BCUT2D eigenvalue weighted by atomic mass is 19.3. The number of nitrogens with two attached hydrogens (primary N) is 1. The summed E-state index contributed by atoms with van der Waals surface area (Å²) in [5.41, 5.74) is 6.20. The molecule has 0 saturated carbocycles. The molecule has 1 aromatic carbocycles. The monoisotopic (exact) mass is 299 g/mol. The third-order valence-corrected chi connectivity index (χ3v) is 2.47. The zero-order chi connectivity index (χ0) is 15.1. The van der Waals surface area contributed by atoms with E-state index < -0.39 is 13.0 Å². The van der Waals surface area contributed by atoms with E-state index in [2.05, 4.69) is 10.1 Å². The summed E-state index contributed by atoms with van der Waals surface area (Å²) >= 11 is 0. The van der Waals surface area contributed by atoms with Crippen LogP contribution in [0.1, 0.15) is 11.7 Å². The molecule has 2 aromatic rings.